The van der Waals surface area contributed by atoms with E-state index in [1.165, 1.54) is 11.1 Å². The van der Waals surface area contributed by atoms with E-state index in [-0.39, 0.29) is 0 Å². The molecule has 1 heterocycles. The maximum atomic E-state index is 11.8. The Labute approximate surface area is 165 Å². The fourth-order valence-electron chi connectivity index (χ4n) is 3.13. The second kappa shape index (κ2) is 9.85. The van der Waals surface area contributed by atoms with Crippen molar-refractivity contribution in [3.8, 4) is 5.69 Å². The molecule has 2 amide bonds. The Bertz CT molecular complexity index is 864. The number of para-hydroxylation sites is 1. The van der Waals surface area contributed by atoms with Crippen molar-refractivity contribution in [1.82, 2.24) is 15.3 Å². The van der Waals surface area contributed by atoms with Gasteiger partial charge in [-0.1, -0.05) is 18.2 Å². The summed E-state index contributed by atoms with van der Waals surface area (Å²) in [4.78, 5) is 23.5. The number of hydrogen-bond donors (Lipinski definition) is 2. The number of carbonyl (C=O) groups excluding carboxylic acids is 2. The molecular formula is C21H28N4O3. The van der Waals surface area contributed by atoms with Crippen LogP contribution in [-0.2, 0) is 14.3 Å². The molecule has 1 aromatic heterocycles. The molecule has 0 radical (unpaired) electrons. The summed E-state index contributed by atoms with van der Waals surface area (Å²) < 4.78 is 7.07. The molecule has 28 heavy (non-hydrogen) atoms. The van der Waals surface area contributed by atoms with Gasteiger partial charge in [0.1, 0.15) is 0 Å². The van der Waals surface area contributed by atoms with Gasteiger partial charge in [-0.2, -0.15) is 5.10 Å². The molecule has 0 atom stereocenters. The molecule has 0 aliphatic carbocycles. The zero-order chi connectivity index (χ0) is 20.7. The number of nitrogens with one attached hydrogen (secondary N) is 2. The largest absolute Gasteiger partial charge is 0.385 e. The van der Waals surface area contributed by atoms with E-state index in [0.717, 1.165) is 22.6 Å². The topological polar surface area (TPSA) is 84.7 Å². The number of carbonyl (C=O) groups is 2. The summed E-state index contributed by atoms with van der Waals surface area (Å²) >= 11 is 0. The molecule has 0 unspecified atom stereocenters. The molecule has 2 aromatic rings. The van der Waals surface area contributed by atoms with Crippen LogP contribution in [0.15, 0.2) is 29.4 Å². The van der Waals surface area contributed by atoms with E-state index in [0.29, 0.717) is 19.6 Å². The quantitative estimate of drug-likeness (QED) is 0.332. The van der Waals surface area contributed by atoms with E-state index < -0.39 is 11.8 Å². The van der Waals surface area contributed by atoms with Crippen LogP contribution < -0.4 is 10.7 Å². The molecule has 0 bridgehead atoms. The minimum absolute atomic E-state index is 0.376. The molecule has 7 heteroatoms. The van der Waals surface area contributed by atoms with Crippen molar-refractivity contribution in [2.75, 3.05) is 20.3 Å². The average Bonchev–Trinajstić information content (AvgIpc) is 2.92. The highest BCUT2D eigenvalue weighted by Gasteiger charge is 2.14. The molecule has 150 valence electrons. The van der Waals surface area contributed by atoms with Crippen molar-refractivity contribution < 1.29 is 14.3 Å². The Morgan fingerprint density at radius 3 is 2.46 bits per heavy atom. The Hall–Kier alpha value is -2.93. The standard InChI is InChI=1S/C21H28N4O3/c1-14-8-6-9-15(2)19(14)25-16(3)12-18(17(25)4)13-23-24-21(27)20(26)22-10-7-11-28-5/h6,8-9,12-13H,7,10-11H2,1-5H3,(H,22,26)(H,24,27)/b23-13-. The van der Waals surface area contributed by atoms with Crippen LogP contribution in [-0.4, -0.2) is 42.9 Å². The first-order valence-corrected chi connectivity index (χ1v) is 9.22. The highest BCUT2D eigenvalue weighted by Crippen LogP contribution is 2.25. The minimum atomic E-state index is -0.794. The highest BCUT2D eigenvalue weighted by atomic mass is 16.5. The van der Waals surface area contributed by atoms with E-state index in [9.17, 15) is 9.59 Å². The molecule has 0 spiro atoms. The van der Waals surface area contributed by atoms with Gasteiger partial charge in [0.05, 0.1) is 11.9 Å². The maximum Gasteiger partial charge on any atom is 0.329 e. The number of aromatic nitrogens is 1. The van der Waals surface area contributed by atoms with Gasteiger partial charge >= 0.3 is 11.8 Å². The van der Waals surface area contributed by atoms with Crippen LogP contribution >= 0.6 is 0 Å². The molecule has 0 saturated heterocycles. The maximum absolute atomic E-state index is 11.8. The Morgan fingerprint density at radius 1 is 1.14 bits per heavy atom. The van der Waals surface area contributed by atoms with E-state index in [4.69, 9.17) is 4.74 Å². The first kappa shape index (κ1) is 21.4. The third-order valence-corrected chi connectivity index (χ3v) is 4.52. The molecular weight excluding hydrogens is 356 g/mol. The number of hydrazone groups is 1. The SMILES string of the molecule is COCCCNC(=O)C(=O)N/N=C\c1cc(C)n(-c2c(C)cccc2C)c1C. The summed E-state index contributed by atoms with van der Waals surface area (Å²) in [5.74, 6) is -1.51. The van der Waals surface area contributed by atoms with Gasteiger partial charge in [0.25, 0.3) is 0 Å². The van der Waals surface area contributed by atoms with Crippen LogP contribution in [0.4, 0.5) is 0 Å². The predicted octanol–water partition coefficient (Wildman–Crippen LogP) is 2.31. The van der Waals surface area contributed by atoms with Gasteiger partial charge in [0, 0.05) is 37.2 Å². The molecule has 2 rings (SSSR count). The van der Waals surface area contributed by atoms with Crippen LogP contribution in [0.25, 0.3) is 5.69 Å². The second-order valence-corrected chi connectivity index (χ2v) is 6.70. The zero-order valence-corrected chi connectivity index (χ0v) is 17.1. The molecule has 1 aromatic carbocycles. The normalized spacial score (nSPS) is 11.0. The lowest BCUT2D eigenvalue weighted by molar-refractivity contribution is -0.139. The van der Waals surface area contributed by atoms with E-state index >= 15 is 0 Å². The molecule has 0 fully saturated rings. The van der Waals surface area contributed by atoms with Gasteiger partial charge in [0.15, 0.2) is 0 Å². The first-order chi connectivity index (χ1) is 13.4. The van der Waals surface area contributed by atoms with E-state index in [1.807, 2.05) is 26.0 Å². The highest BCUT2D eigenvalue weighted by molar-refractivity contribution is 6.35. The smallest absolute Gasteiger partial charge is 0.329 e. The summed E-state index contributed by atoms with van der Waals surface area (Å²) in [7, 11) is 1.58. The Morgan fingerprint density at radius 2 is 1.82 bits per heavy atom. The summed E-state index contributed by atoms with van der Waals surface area (Å²) in [5, 5.41) is 6.45. The molecule has 0 aliphatic rings. The van der Waals surface area contributed by atoms with Crippen molar-refractivity contribution in [3.05, 3.63) is 52.3 Å². The molecule has 0 saturated carbocycles. The van der Waals surface area contributed by atoms with Gasteiger partial charge in [0.2, 0.25) is 0 Å². The van der Waals surface area contributed by atoms with Gasteiger partial charge < -0.3 is 14.6 Å². The van der Waals surface area contributed by atoms with Crippen molar-refractivity contribution >= 4 is 18.0 Å². The fraction of sp³-hybridized carbons (Fsp3) is 0.381. The average molecular weight is 384 g/mol. The second-order valence-electron chi connectivity index (χ2n) is 6.70. The number of methoxy groups -OCH3 is 1. The summed E-state index contributed by atoms with van der Waals surface area (Å²) in [6.07, 6.45) is 2.20. The molecule has 0 aliphatic heterocycles. The van der Waals surface area contributed by atoms with Gasteiger partial charge in [-0.15, -0.1) is 0 Å². The first-order valence-electron chi connectivity index (χ1n) is 9.22. The van der Waals surface area contributed by atoms with Crippen LogP contribution in [0.5, 0.6) is 0 Å². The number of hydrogen-bond acceptors (Lipinski definition) is 4. The van der Waals surface area contributed by atoms with Crippen molar-refractivity contribution in [1.29, 1.82) is 0 Å². The Kier molecular flexibility index (Phi) is 7.52. The zero-order valence-electron chi connectivity index (χ0n) is 17.1. The number of benzene rings is 1. The predicted molar refractivity (Wildman–Crippen MR) is 110 cm³/mol. The number of nitrogens with zero attached hydrogens (tertiary/aromatic N) is 2. The monoisotopic (exact) mass is 384 g/mol. The molecule has 2 N–H and O–H groups in total. The van der Waals surface area contributed by atoms with Crippen molar-refractivity contribution in [2.45, 2.75) is 34.1 Å². The van der Waals surface area contributed by atoms with E-state index in [2.05, 4.69) is 46.4 Å². The third kappa shape index (κ3) is 5.07. The lowest BCUT2D eigenvalue weighted by atomic mass is 10.1. The Balaban J connectivity index is 2.08. The van der Waals surface area contributed by atoms with Gasteiger partial charge in [-0.3, -0.25) is 9.59 Å². The number of aryl methyl sites for hydroxylation is 3. The number of amides is 2. The van der Waals surface area contributed by atoms with Gasteiger partial charge in [-0.25, -0.2) is 5.43 Å². The van der Waals surface area contributed by atoms with Crippen LogP contribution in [0.1, 0.15) is 34.5 Å². The van der Waals surface area contributed by atoms with Gasteiger partial charge in [-0.05, 0) is 51.3 Å². The van der Waals surface area contributed by atoms with Crippen molar-refractivity contribution in [3.63, 3.8) is 0 Å². The summed E-state index contributed by atoms with van der Waals surface area (Å²) in [6.45, 7) is 9.10. The third-order valence-electron chi connectivity index (χ3n) is 4.52. The van der Waals surface area contributed by atoms with Crippen LogP contribution in [0.2, 0.25) is 0 Å². The summed E-state index contributed by atoms with van der Waals surface area (Å²) in [6, 6.07) is 8.21. The lowest BCUT2D eigenvalue weighted by Gasteiger charge is -2.15. The van der Waals surface area contributed by atoms with Crippen LogP contribution in [0, 0.1) is 27.7 Å². The lowest BCUT2D eigenvalue weighted by Crippen LogP contribution is -2.38. The minimum Gasteiger partial charge on any atom is -0.385 e. The number of ether oxygens (including phenoxy) is 1. The van der Waals surface area contributed by atoms with Crippen molar-refractivity contribution in [2.24, 2.45) is 5.10 Å². The fourth-order valence-corrected chi connectivity index (χ4v) is 3.13. The van der Waals surface area contributed by atoms with Crippen LogP contribution in [0.3, 0.4) is 0 Å². The number of rotatable bonds is 7. The van der Waals surface area contributed by atoms with E-state index in [1.54, 1.807) is 13.3 Å². The molecule has 7 nitrogen and oxygen atoms in total. The summed E-state index contributed by atoms with van der Waals surface area (Å²) in [5.41, 5.74) is 8.74.